The van der Waals surface area contributed by atoms with Gasteiger partial charge in [0.25, 0.3) is 5.22 Å². The van der Waals surface area contributed by atoms with Crippen LogP contribution < -0.4 is 0 Å². The molecule has 1 unspecified atom stereocenters. The van der Waals surface area contributed by atoms with Crippen LogP contribution in [0.3, 0.4) is 0 Å². The van der Waals surface area contributed by atoms with Crippen molar-refractivity contribution in [1.82, 2.24) is 10.2 Å². The number of halogens is 1. The van der Waals surface area contributed by atoms with Gasteiger partial charge in [0, 0.05) is 12.2 Å². The fourth-order valence-electron chi connectivity index (χ4n) is 2.71. The van der Waals surface area contributed by atoms with Gasteiger partial charge in [-0.25, -0.2) is 12.8 Å². The first kappa shape index (κ1) is 20.5. The first-order chi connectivity index (χ1) is 13.4. The van der Waals surface area contributed by atoms with E-state index < -0.39 is 15.7 Å². The van der Waals surface area contributed by atoms with Crippen molar-refractivity contribution in [3.63, 3.8) is 0 Å². The molecule has 0 radical (unpaired) electrons. The molecule has 0 spiro atoms. The number of thioether (sulfide) groups is 1. The SMILES string of the molecule is CC(Cc1nnc(SCCCS(=O)(=O)c2ccc(F)cc2)o1)c1ccccc1. The molecular weight excluding hydrogens is 399 g/mol. The molecule has 3 aromatic rings. The fraction of sp³-hybridized carbons (Fsp3) is 0.300. The van der Waals surface area contributed by atoms with Crippen LogP contribution in [-0.2, 0) is 16.3 Å². The standard InChI is InChI=1S/C20H21FN2O3S2/c1-15(16-6-3-2-4-7-16)14-19-22-23-20(26-19)27-12-5-13-28(24,25)18-10-8-17(21)9-11-18/h2-4,6-11,15H,5,12-14H2,1H3. The summed E-state index contributed by atoms with van der Waals surface area (Å²) in [5, 5.41) is 8.53. The molecule has 0 aliphatic heterocycles. The van der Waals surface area contributed by atoms with Crippen LogP contribution in [0.25, 0.3) is 0 Å². The number of hydrogen-bond donors (Lipinski definition) is 0. The number of rotatable bonds is 9. The summed E-state index contributed by atoms with van der Waals surface area (Å²) < 4.78 is 43.0. The Labute approximate surface area is 168 Å². The molecule has 0 saturated heterocycles. The maximum atomic E-state index is 12.9. The molecule has 0 fully saturated rings. The normalized spacial score (nSPS) is 12.8. The highest BCUT2D eigenvalue weighted by atomic mass is 32.2. The van der Waals surface area contributed by atoms with Gasteiger partial charge in [0.15, 0.2) is 9.84 Å². The van der Waals surface area contributed by atoms with Crippen LogP contribution >= 0.6 is 11.8 Å². The summed E-state index contributed by atoms with van der Waals surface area (Å²) >= 11 is 1.34. The highest BCUT2D eigenvalue weighted by Gasteiger charge is 2.15. The van der Waals surface area contributed by atoms with Gasteiger partial charge in [0.2, 0.25) is 5.89 Å². The quantitative estimate of drug-likeness (QED) is 0.288. The minimum absolute atomic E-state index is 0.0162. The van der Waals surface area contributed by atoms with Gasteiger partial charge in [-0.2, -0.15) is 0 Å². The molecular formula is C20H21FN2O3S2. The molecule has 1 atom stereocenters. The number of aromatic nitrogens is 2. The van der Waals surface area contributed by atoms with Gasteiger partial charge in [0.1, 0.15) is 5.82 Å². The lowest BCUT2D eigenvalue weighted by molar-refractivity contribution is 0.404. The van der Waals surface area contributed by atoms with E-state index >= 15 is 0 Å². The van der Waals surface area contributed by atoms with Crippen molar-refractivity contribution in [2.45, 2.75) is 35.8 Å². The number of nitrogens with zero attached hydrogens (tertiary/aromatic N) is 2. The zero-order valence-corrected chi connectivity index (χ0v) is 17.0. The van der Waals surface area contributed by atoms with E-state index in [1.54, 1.807) is 0 Å². The molecule has 3 rings (SSSR count). The van der Waals surface area contributed by atoms with E-state index in [4.69, 9.17) is 4.42 Å². The van der Waals surface area contributed by atoms with E-state index in [9.17, 15) is 12.8 Å². The third-order valence-electron chi connectivity index (χ3n) is 4.25. The Kier molecular flexibility index (Phi) is 6.85. The summed E-state index contributed by atoms with van der Waals surface area (Å²) in [6, 6.07) is 15.0. The number of hydrogen-bond acceptors (Lipinski definition) is 6. The van der Waals surface area contributed by atoms with Crippen molar-refractivity contribution >= 4 is 21.6 Å². The Morgan fingerprint density at radius 2 is 1.79 bits per heavy atom. The molecule has 2 aromatic carbocycles. The summed E-state index contributed by atoms with van der Waals surface area (Å²) in [5.41, 5.74) is 1.21. The lowest BCUT2D eigenvalue weighted by atomic mass is 9.98. The van der Waals surface area contributed by atoms with Gasteiger partial charge in [-0.3, -0.25) is 0 Å². The van der Waals surface area contributed by atoms with E-state index in [-0.39, 0.29) is 16.6 Å². The van der Waals surface area contributed by atoms with Gasteiger partial charge in [-0.15, -0.1) is 10.2 Å². The molecule has 0 aliphatic rings. The minimum Gasteiger partial charge on any atom is -0.416 e. The molecule has 148 valence electrons. The lowest BCUT2D eigenvalue weighted by Gasteiger charge is -2.08. The van der Waals surface area contributed by atoms with E-state index in [2.05, 4.69) is 29.3 Å². The van der Waals surface area contributed by atoms with Crippen LogP contribution in [0.15, 0.2) is 69.1 Å². The Bertz CT molecular complexity index is 990. The van der Waals surface area contributed by atoms with Crippen molar-refractivity contribution in [2.24, 2.45) is 0 Å². The van der Waals surface area contributed by atoms with Crippen LogP contribution in [0, 0.1) is 5.82 Å². The van der Waals surface area contributed by atoms with Gasteiger partial charge >= 0.3 is 0 Å². The average Bonchev–Trinajstić information content (AvgIpc) is 3.13. The third-order valence-corrected chi connectivity index (χ3v) is 6.97. The molecule has 0 saturated carbocycles. The van der Waals surface area contributed by atoms with Crippen molar-refractivity contribution in [1.29, 1.82) is 0 Å². The monoisotopic (exact) mass is 420 g/mol. The summed E-state index contributed by atoms with van der Waals surface area (Å²) in [5.74, 6) is 0.898. The van der Waals surface area contributed by atoms with Gasteiger partial charge in [0.05, 0.1) is 10.6 Å². The van der Waals surface area contributed by atoms with Crippen LogP contribution in [0.1, 0.15) is 30.7 Å². The molecule has 0 aliphatic carbocycles. The van der Waals surface area contributed by atoms with Crippen LogP contribution in [0.2, 0.25) is 0 Å². The highest BCUT2D eigenvalue weighted by molar-refractivity contribution is 7.99. The molecule has 0 bridgehead atoms. The van der Waals surface area contributed by atoms with Gasteiger partial charge < -0.3 is 4.42 Å². The first-order valence-corrected chi connectivity index (χ1v) is 11.6. The molecule has 0 amide bonds. The Balaban J connectivity index is 1.46. The Morgan fingerprint density at radius 3 is 2.50 bits per heavy atom. The van der Waals surface area contributed by atoms with E-state index in [0.717, 1.165) is 12.1 Å². The first-order valence-electron chi connectivity index (χ1n) is 8.92. The largest absolute Gasteiger partial charge is 0.416 e. The molecule has 8 heteroatoms. The zero-order chi connectivity index (χ0) is 20.0. The lowest BCUT2D eigenvalue weighted by Crippen LogP contribution is -2.07. The second kappa shape index (κ2) is 9.34. The average molecular weight is 421 g/mol. The summed E-state index contributed by atoms with van der Waals surface area (Å²) in [6.07, 6.45) is 1.08. The summed E-state index contributed by atoms with van der Waals surface area (Å²) in [7, 11) is -3.42. The van der Waals surface area contributed by atoms with E-state index in [0.29, 0.717) is 29.7 Å². The van der Waals surface area contributed by atoms with Crippen molar-refractivity contribution < 1.29 is 17.2 Å². The Hall–Kier alpha value is -2.19. The fourth-order valence-corrected chi connectivity index (χ4v) is 4.92. The maximum absolute atomic E-state index is 12.9. The second-order valence-electron chi connectivity index (χ2n) is 6.45. The highest BCUT2D eigenvalue weighted by Crippen LogP contribution is 2.23. The van der Waals surface area contributed by atoms with Crippen molar-refractivity contribution in [3.8, 4) is 0 Å². The maximum Gasteiger partial charge on any atom is 0.276 e. The predicted molar refractivity (Wildman–Crippen MR) is 107 cm³/mol. The van der Waals surface area contributed by atoms with E-state index in [1.165, 1.54) is 29.5 Å². The molecule has 5 nitrogen and oxygen atoms in total. The van der Waals surface area contributed by atoms with Crippen LogP contribution in [-0.4, -0.2) is 30.1 Å². The van der Waals surface area contributed by atoms with E-state index in [1.807, 2.05) is 18.2 Å². The topological polar surface area (TPSA) is 73.1 Å². The minimum atomic E-state index is -3.42. The second-order valence-corrected chi connectivity index (χ2v) is 9.61. The summed E-state index contributed by atoms with van der Waals surface area (Å²) in [6.45, 7) is 2.10. The van der Waals surface area contributed by atoms with Crippen LogP contribution in [0.5, 0.6) is 0 Å². The third kappa shape index (κ3) is 5.65. The van der Waals surface area contributed by atoms with Crippen molar-refractivity contribution in [3.05, 3.63) is 71.9 Å². The van der Waals surface area contributed by atoms with Gasteiger partial charge in [-0.1, -0.05) is 49.0 Å². The smallest absolute Gasteiger partial charge is 0.276 e. The number of benzene rings is 2. The zero-order valence-electron chi connectivity index (χ0n) is 15.4. The predicted octanol–water partition coefficient (Wildman–Crippen LogP) is 4.51. The summed E-state index contributed by atoms with van der Waals surface area (Å²) in [4.78, 5) is 0.133. The molecule has 1 heterocycles. The van der Waals surface area contributed by atoms with Gasteiger partial charge in [-0.05, 0) is 42.2 Å². The van der Waals surface area contributed by atoms with Crippen LogP contribution in [0.4, 0.5) is 4.39 Å². The number of sulfone groups is 1. The van der Waals surface area contributed by atoms with Crippen molar-refractivity contribution in [2.75, 3.05) is 11.5 Å². The Morgan fingerprint density at radius 1 is 1.07 bits per heavy atom. The molecule has 0 N–H and O–H groups in total. The molecule has 1 aromatic heterocycles. The molecule has 28 heavy (non-hydrogen) atoms.